The molecule has 2 heterocycles. The Morgan fingerprint density at radius 2 is 2.36 bits per heavy atom. The predicted octanol–water partition coefficient (Wildman–Crippen LogP) is 3.01. The standard InChI is InChI=1S/C11H12O2S/c12-10(11-2-1-6-13-11)4-3-9-5-7-14-8-9/h1-2,5-8,10,12H,3-4H2. The normalized spacial score (nSPS) is 12.9. The lowest BCUT2D eigenvalue weighted by Gasteiger charge is -2.05. The zero-order valence-corrected chi connectivity index (χ0v) is 8.54. The van der Waals surface area contributed by atoms with Crippen molar-refractivity contribution in [2.75, 3.05) is 0 Å². The van der Waals surface area contributed by atoms with Gasteiger partial charge in [-0.1, -0.05) is 0 Å². The highest BCUT2D eigenvalue weighted by atomic mass is 32.1. The van der Waals surface area contributed by atoms with Crippen molar-refractivity contribution in [2.24, 2.45) is 0 Å². The minimum atomic E-state index is -0.482. The van der Waals surface area contributed by atoms with Crippen molar-refractivity contribution < 1.29 is 9.52 Å². The molecule has 0 aliphatic heterocycles. The van der Waals surface area contributed by atoms with Crippen molar-refractivity contribution in [3.63, 3.8) is 0 Å². The van der Waals surface area contributed by atoms with Gasteiger partial charge in [0.05, 0.1) is 6.26 Å². The molecule has 14 heavy (non-hydrogen) atoms. The van der Waals surface area contributed by atoms with Crippen molar-refractivity contribution in [3.8, 4) is 0 Å². The Balaban J connectivity index is 1.87. The number of hydrogen-bond acceptors (Lipinski definition) is 3. The van der Waals surface area contributed by atoms with Gasteiger partial charge in [0.2, 0.25) is 0 Å². The summed E-state index contributed by atoms with van der Waals surface area (Å²) < 4.78 is 5.12. The van der Waals surface area contributed by atoms with E-state index in [2.05, 4.69) is 16.8 Å². The van der Waals surface area contributed by atoms with Crippen LogP contribution >= 0.6 is 11.3 Å². The second-order valence-electron chi connectivity index (χ2n) is 3.20. The second-order valence-corrected chi connectivity index (χ2v) is 3.98. The van der Waals surface area contributed by atoms with Gasteiger partial charge in [-0.2, -0.15) is 11.3 Å². The molecular formula is C11H12O2S. The third-order valence-electron chi connectivity index (χ3n) is 2.16. The lowest BCUT2D eigenvalue weighted by atomic mass is 10.1. The summed E-state index contributed by atoms with van der Waals surface area (Å²) in [5.41, 5.74) is 1.28. The topological polar surface area (TPSA) is 33.4 Å². The first-order chi connectivity index (χ1) is 6.86. The minimum absolute atomic E-state index is 0.482. The quantitative estimate of drug-likeness (QED) is 0.837. The molecule has 1 N–H and O–H groups in total. The van der Waals surface area contributed by atoms with E-state index < -0.39 is 6.10 Å². The molecule has 0 bridgehead atoms. The molecule has 2 aromatic heterocycles. The molecule has 0 aromatic carbocycles. The van der Waals surface area contributed by atoms with Gasteiger partial charge in [0, 0.05) is 0 Å². The van der Waals surface area contributed by atoms with Crippen molar-refractivity contribution in [3.05, 3.63) is 46.5 Å². The fourth-order valence-corrected chi connectivity index (χ4v) is 2.06. The Morgan fingerprint density at radius 3 is 3.00 bits per heavy atom. The Morgan fingerprint density at radius 1 is 1.43 bits per heavy atom. The maximum Gasteiger partial charge on any atom is 0.132 e. The summed E-state index contributed by atoms with van der Waals surface area (Å²) in [7, 11) is 0. The number of rotatable bonds is 4. The first-order valence-electron chi connectivity index (χ1n) is 4.59. The molecular weight excluding hydrogens is 196 g/mol. The Kier molecular flexibility index (Phi) is 3.01. The summed E-state index contributed by atoms with van der Waals surface area (Å²) in [5, 5.41) is 13.9. The van der Waals surface area contributed by atoms with Gasteiger partial charge < -0.3 is 9.52 Å². The average molecular weight is 208 g/mol. The van der Waals surface area contributed by atoms with Crippen molar-refractivity contribution in [2.45, 2.75) is 18.9 Å². The first kappa shape index (κ1) is 9.49. The van der Waals surface area contributed by atoms with Gasteiger partial charge in [-0.25, -0.2) is 0 Å². The van der Waals surface area contributed by atoms with Crippen LogP contribution in [0.15, 0.2) is 39.6 Å². The minimum Gasteiger partial charge on any atom is -0.467 e. The summed E-state index contributed by atoms with van der Waals surface area (Å²) in [6.45, 7) is 0. The van der Waals surface area contributed by atoms with Crippen molar-refractivity contribution >= 4 is 11.3 Å². The van der Waals surface area contributed by atoms with E-state index >= 15 is 0 Å². The van der Waals surface area contributed by atoms with Crippen LogP contribution < -0.4 is 0 Å². The molecule has 1 atom stereocenters. The Labute approximate surface area is 86.8 Å². The molecule has 0 spiro atoms. The smallest absolute Gasteiger partial charge is 0.132 e. The summed E-state index contributed by atoms with van der Waals surface area (Å²) in [4.78, 5) is 0. The monoisotopic (exact) mass is 208 g/mol. The molecule has 0 saturated carbocycles. The summed E-state index contributed by atoms with van der Waals surface area (Å²) in [6.07, 6.45) is 2.71. The van der Waals surface area contributed by atoms with E-state index in [4.69, 9.17) is 4.42 Å². The van der Waals surface area contributed by atoms with E-state index in [0.29, 0.717) is 12.2 Å². The van der Waals surface area contributed by atoms with E-state index in [1.807, 2.05) is 0 Å². The largest absolute Gasteiger partial charge is 0.467 e. The van der Waals surface area contributed by atoms with Crippen LogP contribution in [0.4, 0.5) is 0 Å². The number of aryl methyl sites for hydroxylation is 1. The molecule has 3 heteroatoms. The SMILES string of the molecule is OC(CCc1ccsc1)c1ccco1. The number of aliphatic hydroxyl groups excluding tert-OH is 1. The van der Waals surface area contributed by atoms with Crippen LogP contribution in [-0.4, -0.2) is 5.11 Å². The molecule has 0 aliphatic rings. The lowest BCUT2D eigenvalue weighted by Crippen LogP contribution is -1.97. The van der Waals surface area contributed by atoms with E-state index in [1.165, 1.54) is 5.56 Å². The molecule has 0 amide bonds. The molecule has 0 fully saturated rings. The number of hydrogen-bond donors (Lipinski definition) is 1. The van der Waals surface area contributed by atoms with Crippen LogP contribution in [0.5, 0.6) is 0 Å². The van der Waals surface area contributed by atoms with Crippen LogP contribution in [0.3, 0.4) is 0 Å². The van der Waals surface area contributed by atoms with Crippen LogP contribution in [0.2, 0.25) is 0 Å². The maximum atomic E-state index is 9.72. The lowest BCUT2D eigenvalue weighted by molar-refractivity contribution is 0.140. The van der Waals surface area contributed by atoms with Crippen molar-refractivity contribution in [1.82, 2.24) is 0 Å². The van der Waals surface area contributed by atoms with Gasteiger partial charge >= 0.3 is 0 Å². The highest BCUT2D eigenvalue weighted by molar-refractivity contribution is 7.07. The third kappa shape index (κ3) is 2.25. The molecule has 2 aromatic rings. The molecule has 0 aliphatic carbocycles. The Hall–Kier alpha value is -1.06. The number of aliphatic hydroxyl groups is 1. The van der Waals surface area contributed by atoms with E-state index in [9.17, 15) is 5.11 Å². The average Bonchev–Trinajstić information content (AvgIpc) is 2.87. The molecule has 1 unspecified atom stereocenters. The molecule has 2 rings (SSSR count). The van der Waals surface area contributed by atoms with Gasteiger partial charge in [0.15, 0.2) is 0 Å². The van der Waals surface area contributed by atoms with Crippen LogP contribution in [-0.2, 0) is 6.42 Å². The summed E-state index contributed by atoms with van der Waals surface area (Å²) in [5.74, 6) is 0.653. The molecule has 0 radical (unpaired) electrons. The zero-order valence-electron chi connectivity index (χ0n) is 7.72. The highest BCUT2D eigenvalue weighted by Crippen LogP contribution is 2.19. The molecule has 0 saturated heterocycles. The van der Waals surface area contributed by atoms with E-state index in [-0.39, 0.29) is 0 Å². The van der Waals surface area contributed by atoms with Gasteiger partial charge in [0.25, 0.3) is 0 Å². The predicted molar refractivity (Wildman–Crippen MR) is 56.3 cm³/mol. The third-order valence-corrected chi connectivity index (χ3v) is 2.89. The number of furan rings is 1. The fraction of sp³-hybridized carbons (Fsp3) is 0.273. The van der Waals surface area contributed by atoms with Crippen molar-refractivity contribution in [1.29, 1.82) is 0 Å². The van der Waals surface area contributed by atoms with Gasteiger partial charge in [-0.05, 0) is 47.4 Å². The van der Waals surface area contributed by atoms with Crippen LogP contribution in [0.1, 0.15) is 23.8 Å². The zero-order chi connectivity index (χ0) is 9.80. The first-order valence-corrected chi connectivity index (χ1v) is 5.53. The van der Waals surface area contributed by atoms with Crippen LogP contribution in [0.25, 0.3) is 0 Å². The maximum absolute atomic E-state index is 9.72. The summed E-state index contributed by atoms with van der Waals surface area (Å²) in [6, 6.07) is 5.68. The van der Waals surface area contributed by atoms with Crippen LogP contribution in [0, 0.1) is 0 Å². The van der Waals surface area contributed by atoms with Gasteiger partial charge in [-0.3, -0.25) is 0 Å². The van der Waals surface area contributed by atoms with E-state index in [1.54, 1.807) is 29.7 Å². The van der Waals surface area contributed by atoms with Gasteiger partial charge in [-0.15, -0.1) is 0 Å². The van der Waals surface area contributed by atoms with E-state index in [0.717, 1.165) is 6.42 Å². The molecule has 74 valence electrons. The second kappa shape index (κ2) is 4.44. The fourth-order valence-electron chi connectivity index (χ4n) is 1.36. The number of thiophene rings is 1. The highest BCUT2D eigenvalue weighted by Gasteiger charge is 2.09. The van der Waals surface area contributed by atoms with Gasteiger partial charge in [0.1, 0.15) is 11.9 Å². The Bertz CT molecular complexity index is 351. The summed E-state index contributed by atoms with van der Waals surface area (Å²) >= 11 is 1.68. The molecule has 2 nitrogen and oxygen atoms in total.